The minimum Gasteiger partial charge on any atom is -0.543 e. The molecule has 1 aliphatic carbocycles. The number of carbonyl (C=O) groups excluding carboxylic acids is 1. The molecule has 4 nitrogen and oxygen atoms in total. The third-order valence-electron chi connectivity index (χ3n) is 2.48. The van der Waals surface area contributed by atoms with Crippen molar-refractivity contribution in [2.75, 3.05) is 0 Å². The van der Waals surface area contributed by atoms with Crippen molar-refractivity contribution in [3.8, 4) is 0 Å². The standard InChI is InChI=1S/C9H11NO3/c1-5-2-3-7-6(4-5)8(9(11)12)10-13-7/h5H,2-4H2,1H3,(H,11,12)/p-1/t5-/m0/s1. The summed E-state index contributed by atoms with van der Waals surface area (Å²) in [5.41, 5.74) is 0.723. The van der Waals surface area contributed by atoms with E-state index in [0.29, 0.717) is 5.92 Å². The average Bonchev–Trinajstić information content (AvgIpc) is 2.46. The first kappa shape index (κ1) is 8.29. The van der Waals surface area contributed by atoms with Crippen LogP contribution in [-0.4, -0.2) is 11.1 Å². The Morgan fingerprint density at radius 3 is 3.15 bits per heavy atom. The summed E-state index contributed by atoms with van der Waals surface area (Å²) >= 11 is 0. The maximum atomic E-state index is 10.6. The molecule has 13 heavy (non-hydrogen) atoms. The normalized spacial score (nSPS) is 21.2. The van der Waals surface area contributed by atoms with Crippen molar-refractivity contribution in [2.24, 2.45) is 5.92 Å². The Bertz CT molecular complexity index is 343. The first-order valence-electron chi connectivity index (χ1n) is 4.37. The van der Waals surface area contributed by atoms with Crippen LogP contribution >= 0.6 is 0 Å². The summed E-state index contributed by atoms with van der Waals surface area (Å²) in [7, 11) is 0. The van der Waals surface area contributed by atoms with Gasteiger partial charge in [-0.3, -0.25) is 0 Å². The number of aryl methyl sites for hydroxylation is 1. The van der Waals surface area contributed by atoms with Crippen LogP contribution in [0.3, 0.4) is 0 Å². The van der Waals surface area contributed by atoms with E-state index >= 15 is 0 Å². The summed E-state index contributed by atoms with van der Waals surface area (Å²) in [6.07, 6.45) is 2.56. The minimum absolute atomic E-state index is 0.0125. The van der Waals surface area contributed by atoms with Crippen LogP contribution in [0.15, 0.2) is 4.52 Å². The lowest BCUT2D eigenvalue weighted by atomic mass is 9.88. The van der Waals surface area contributed by atoms with Crippen molar-refractivity contribution >= 4 is 5.97 Å². The van der Waals surface area contributed by atoms with Gasteiger partial charge in [-0.2, -0.15) is 0 Å². The summed E-state index contributed by atoms with van der Waals surface area (Å²) in [6, 6.07) is 0. The number of rotatable bonds is 1. The fourth-order valence-corrected chi connectivity index (χ4v) is 1.74. The van der Waals surface area contributed by atoms with Gasteiger partial charge in [-0.25, -0.2) is 0 Å². The van der Waals surface area contributed by atoms with Gasteiger partial charge in [0.05, 0.1) is 5.97 Å². The Labute approximate surface area is 75.5 Å². The highest BCUT2D eigenvalue weighted by atomic mass is 16.5. The Kier molecular flexibility index (Phi) is 1.83. The van der Waals surface area contributed by atoms with Crippen LogP contribution in [-0.2, 0) is 12.8 Å². The van der Waals surface area contributed by atoms with Crippen molar-refractivity contribution in [1.29, 1.82) is 0 Å². The molecule has 70 valence electrons. The lowest BCUT2D eigenvalue weighted by Crippen LogP contribution is -2.25. The number of aromatic nitrogens is 1. The van der Waals surface area contributed by atoms with E-state index in [2.05, 4.69) is 12.1 Å². The second-order valence-corrected chi connectivity index (χ2v) is 3.57. The van der Waals surface area contributed by atoms with Gasteiger partial charge in [-0.1, -0.05) is 12.1 Å². The molecule has 2 rings (SSSR count). The Hall–Kier alpha value is -1.32. The molecule has 1 aromatic heterocycles. The largest absolute Gasteiger partial charge is 0.543 e. The molecule has 0 amide bonds. The van der Waals surface area contributed by atoms with E-state index < -0.39 is 5.97 Å². The van der Waals surface area contributed by atoms with E-state index in [4.69, 9.17) is 4.52 Å². The van der Waals surface area contributed by atoms with Crippen LogP contribution in [0.5, 0.6) is 0 Å². The summed E-state index contributed by atoms with van der Waals surface area (Å²) in [6.45, 7) is 2.09. The van der Waals surface area contributed by atoms with Gasteiger partial charge in [0.1, 0.15) is 11.5 Å². The average molecular weight is 180 g/mol. The zero-order valence-corrected chi connectivity index (χ0v) is 7.37. The van der Waals surface area contributed by atoms with Gasteiger partial charge in [0.25, 0.3) is 0 Å². The second-order valence-electron chi connectivity index (χ2n) is 3.57. The molecule has 0 radical (unpaired) electrons. The van der Waals surface area contributed by atoms with Crippen LogP contribution in [0.4, 0.5) is 0 Å². The fourth-order valence-electron chi connectivity index (χ4n) is 1.74. The summed E-state index contributed by atoms with van der Waals surface area (Å²) in [5.74, 6) is -0.0126. The van der Waals surface area contributed by atoms with Crippen molar-refractivity contribution in [2.45, 2.75) is 26.2 Å². The molecule has 0 aliphatic heterocycles. The van der Waals surface area contributed by atoms with Crippen molar-refractivity contribution in [3.05, 3.63) is 17.0 Å². The molecule has 0 aromatic carbocycles. The van der Waals surface area contributed by atoms with Crippen LogP contribution in [0.25, 0.3) is 0 Å². The molecular weight excluding hydrogens is 170 g/mol. The highest BCUT2D eigenvalue weighted by molar-refractivity contribution is 5.85. The highest BCUT2D eigenvalue weighted by Gasteiger charge is 2.23. The van der Waals surface area contributed by atoms with Crippen molar-refractivity contribution < 1.29 is 14.4 Å². The molecule has 1 heterocycles. The Morgan fingerprint density at radius 1 is 1.69 bits per heavy atom. The van der Waals surface area contributed by atoms with Crippen molar-refractivity contribution in [3.63, 3.8) is 0 Å². The minimum atomic E-state index is -1.24. The number of carbonyl (C=O) groups is 1. The number of hydrogen-bond acceptors (Lipinski definition) is 4. The summed E-state index contributed by atoms with van der Waals surface area (Å²) < 4.78 is 4.93. The number of hydrogen-bond donors (Lipinski definition) is 0. The molecule has 1 atom stereocenters. The lowest BCUT2D eigenvalue weighted by molar-refractivity contribution is -0.255. The summed E-state index contributed by atoms with van der Waals surface area (Å²) in [4.78, 5) is 10.6. The Balaban J connectivity index is 2.41. The maximum Gasteiger partial charge on any atom is 0.140 e. The zero-order chi connectivity index (χ0) is 9.42. The molecule has 0 unspecified atom stereocenters. The van der Waals surface area contributed by atoms with Gasteiger partial charge < -0.3 is 14.4 Å². The van der Waals surface area contributed by atoms with Gasteiger partial charge in [0.2, 0.25) is 0 Å². The molecule has 0 saturated heterocycles. The number of aromatic carboxylic acids is 1. The van der Waals surface area contributed by atoms with E-state index in [1.54, 1.807) is 0 Å². The molecular formula is C9H10NO3-. The zero-order valence-electron chi connectivity index (χ0n) is 7.37. The SMILES string of the molecule is C[C@H]1CCc2onc(C(=O)[O-])c2C1. The number of nitrogens with zero attached hydrogens (tertiary/aromatic N) is 1. The first-order valence-corrected chi connectivity index (χ1v) is 4.37. The molecule has 0 saturated carbocycles. The Morgan fingerprint density at radius 2 is 2.46 bits per heavy atom. The smallest absolute Gasteiger partial charge is 0.140 e. The lowest BCUT2D eigenvalue weighted by Gasteiger charge is -2.16. The molecule has 1 aliphatic rings. The predicted octanol–water partition coefficient (Wildman–Crippen LogP) is 0.163. The topological polar surface area (TPSA) is 66.2 Å². The molecule has 4 heteroatoms. The monoisotopic (exact) mass is 180 g/mol. The molecule has 0 fully saturated rings. The van der Waals surface area contributed by atoms with Crippen LogP contribution in [0, 0.1) is 5.92 Å². The molecule has 0 spiro atoms. The van der Waals surface area contributed by atoms with E-state index in [1.165, 1.54) is 0 Å². The van der Waals surface area contributed by atoms with Crippen LogP contribution in [0.1, 0.15) is 35.2 Å². The predicted molar refractivity (Wildman–Crippen MR) is 42.0 cm³/mol. The van der Waals surface area contributed by atoms with Gasteiger partial charge in [-0.05, 0) is 18.8 Å². The number of fused-ring (bicyclic) bond motifs is 1. The van der Waals surface area contributed by atoms with Gasteiger partial charge in [0, 0.05) is 12.0 Å². The number of carboxylic acids is 1. The fraction of sp³-hybridized carbons (Fsp3) is 0.556. The van der Waals surface area contributed by atoms with E-state index in [9.17, 15) is 9.90 Å². The van der Waals surface area contributed by atoms with E-state index in [0.717, 1.165) is 30.6 Å². The van der Waals surface area contributed by atoms with E-state index in [-0.39, 0.29) is 5.69 Å². The number of carboxylic acid groups (broad SMARTS) is 1. The van der Waals surface area contributed by atoms with E-state index in [1.807, 2.05) is 0 Å². The first-order chi connectivity index (χ1) is 6.18. The highest BCUT2D eigenvalue weighted by Crippen LogP contribution is 2.27. The molecule has 0 N–H and O–H groups in total. The van der Waals surface area contributed by atoms with Gasteiger partial charge in [-0.15, -0.1) is 0 Å². The van der Waals surface area contributed by atoms with Crippen LogP contribution in [0.2, 0.25) is 0 Å². The van der Waals surface area contributed by atoms with Gasteiger partial charge >= 0.3 is 0 Å². The molecule has 0 bridgehead atoms. The van der Waals surface area contributed by atoms with Crippen LogP contribution < -0.4 is 5.11 Å². The van der Waals surface area contributed by atoms with Gasteiger partial charge in [0.15, 0.2) is 0 Å². The third kappa shape index (κ3) is 1.32. The third-order valence-corrected chi connectivity index (χ3v) is 2.48. The maximum absolute atomic E-state index is 10.6. The summed E-state index contributed by atoms with van der Waals surface area (Å²) in [5, 5.41) is 14.1. The quantitative estimate of drug-likeness (QED) is 0.617. The molecule has 1 aromatic rings. The van der Waals surface area contributed by atoms with Crippen molar-refractivity contribution in [1.82, 2.24) is 5.16 Å². The second kappa shape index (κ2) is 2.87.